The first-order chi connectivity index (χ1) is 5.39. The first kappa shape index (κ1) is 9.74. The van der Waals surface area contributed by atoms with Crippen molar-refractivity contribution < 1.29 is 0 Å². The fourth-order valence-electron chi connectivity index (χ4n) is 1.30. The van der Waals surface area contributed by atoms with E-state index in [1.807, 2.05) is 0 Å². The molecule has 0 aliphatic heterocycles. The van der Waals surface area contributed by atoms with Crippen LogP contribution in [0.25, 0.3) is 0 Å². The lowest BCUT2D eigenvalue weighted by Gasteiger charge is -2.19. The van der Waals surface area contributed by atoms with Gasteiger partial charge in [-0.05, 0) is 26.3 Å². The molecule has 1 heteroatoms. The van der Waals surface area contributed by atoms with E-state index >= 15 is 0 Å². The predicted octanol–water partition coefficient (Wildman–Crippen LogP) is 3.23. The lowest BCUT2D eigenvalue weighted by Crippen LogP contribution is -2.07. The summed E-state index contributed by atoms with van der Waals surface area (Å²) in [5.41, 5.74) is 3.90. The van der Waals surface area contributed by atoms with Gasteiger partial charge < -0.3 is 0 Å². The summed E-state index contributed by atoms with van der Waals surface area (Å²) >= 11 is 0. The molecular formula is C11H16P. The monoisotopic (exact) mass is 179 g/mol. The summed E-state index contributed by atoms with van der Waals surface area (Å²) in [6, 6.07) is 6.56. The van der Waals surface area contributed by atoms with Crippen molar-refractivity contribution in [3.8, 4) is 0 Å². The van der Waals surface area contributed by atoms with Gasteiger partial charge in [0.15, 0.2) is 0 Å². The summed E-state index contributed by atoms with van der Waals surface area (Å²) in [5.74, 6) is 0. The molecule has 1 rings (SSSR count). The maximum atomic E-state index is 4.09. The molecule has 12 heavy (non-hydrogen) atoms. The number of hydrogen-bond acceptors (Lipinski definition) is 0. The minimum atomic E-state index is -0.0588. The van der Waals surface area contributed by atoms with Crippen molar-refractivity contribution in [1.29, 1.82) is 0 Å². The average Bonchev–Trinajstić information content (AvgIpc) is 1.82. The van der Waals surface area contributed by atoms with Crippen LogP contribution in [-0.2, 0) is 5.16 Å². The molecule has 0 bridgehead atoms. The molecule has 0 saturated carbocycles. The van der Waals surface area contributed by atoms with Crippen LogP contribution in [0.1, 0.15) is 23.6 Å². The summed E-state index contributed by atoms with van der Waals surface area (Å²) in [4.78, 5) is 0. The summed E-state index contributed by atoms with van der Waals surface area (Å²) in [6.45, 7) is 10.4. The minimum absolute atomic E-state index is 0.0588. The van der Waals surface area contributed by atoms with Crippen LogP contribution < -0.4 is 0 Å². The lowest BCUT2D eigenvalue weighted by atomic mass is 9.98. The molecule has 0 heterocycles. The highest BCUT2D eigenvalue weighted by atomic mass is 31.0. The van der Waals surface area contributed by atoms with Crippen LogP contribution in [0.4, 0.5) is 0 Å². The van der Waals surface area contributed by atoms with Gasteiger partial charge in [-0.2, -0.15) is 0 Å². The molecule has 0 N–H and O–H groups in total. The van der Waals surface area contributed by atoms with Gasteiger partial charge in [-0.15, -0.1) is 9.24 Å². The van der Waals surface area contributed by atoms with Crippen molar-refractivity contribution in [2.75, 3.05) is 0 Å². The van der Waals surface area contributed by atoms with Gasteiger partial charge >= 0.3 is 0 Å². The van der Waals surface area contributed by atoms with E-state index in [0.717, 1.165) is 0 Å². The molecule has 2 unspecified atom stereocenters. The van der Waals surface area contributed by atoms with Gasteiger partial charge in [-0.3, -0.25) is 0 Å². The van der Waals surface area contributed by atoms with Crippen molar-refractivity contribution in [2.45, 2.75) is 25.9 Å². The van der Waals surface area contributed by atoms with Gasteiger partial charge in [0.2, 0.25) is 0 Å². The van der Waals surface area contributed by atoms with E-state index in [4.69, 9.17) is 0 Å². The van der Waals surface area contributed by atoms with Crippen LogP contribution in [0.3, 0.4) is 0 Å². The number of benzene rings is 1. The molecule has 0 spiro atoms. The third-order valence-corrected chi connectivity index (χ3v) is 2.21. The van der Waals surface area contributed by atoms with E-state index in [0.29, 0.717) is 0 Å². The summed E-state index contributed by atoms with van der Waals surface area (Å²) in [7, 11) is 2.76. The Balaban J connectivity index is 3.18. The lowest BCUT2D eigenvalue weighted by molar-refractivity contribution is 0.872. The first-order valence-corrected chi connectivity index (χ1v) is 4.70. The molecule has 0 saturated heterocycles. The minimum Gasteiger partial charge on any atom is -0.127 e. The van der Waals surface area contributed by atoms with Crippen LogP contribution in [0, 0.1) is 20.8 Å². The maximum Gasteiger partial charge on any atom is 0.00700 e. The van der Waals surface area contributed by atoms with Crippen LogP contribution >= 0.6 is 9.24 Å². The van der Waals surface area contributed by atoms with Crippen molar-refractivity contribution in [3.63, 3.8) is 0 Å². The Bertz CT molecular complexity index is 261. The zero-order valence-corrected chi connectivity index (χ0v) is 9.17. The van der Waals surface area contributed by atoms with E-state index in [1.165, 1.54) is 16.7 Å². The predicted molar refractivity (Wildman–Crippen MR) is 58.3 cm³/mol. The zero-order chi connectivity index (χ0) is 9.35. The van der Waals surface area contributed by atoms with E-state index in [9.17, 15) is 0 Å². The highest BCUT2D eigenvalue weighted by molar-refractivity contribution is 7.18. The van der Waals surface area contributed by atoms with Crippen molar-refractivity contribution >= 4 is 9.24 Å². The summed E-state index contributed by atoms with van der Waals surface area (Å²) in [5, 5.41) is -0.0588. The van der Waals surface area contributed by atoms with Gasteiger partial charge in [-0.25, -0.2) is 0 Å². The second kappa shape index (κ2) is 3.18. The van der Waals surface area contributed by atoms with E-state index in [1.54, 1.807) is 0 Å². The molecule has 0 aliphatic carbocycles. The molecule has 0 fully saturated rings. The third-order valence-electron chi connectivity index (χ3n) is 1.88. The molecule has 1 aromatic carbocycles. The quantitative estimate of drug-likeness (QED) is 0.580. The molecule has 0 aliphatic rings. The Hall–Kier alpha value is -0.350. The van der Waals surface area contributed by atoms with E-state index < -0.39 is 0 Å². The highest BCUT2D eigenvalue weighted by Crippen LogP contribution is 2.30. The summed E-state index contributed by atoms with van der Waals surface area (Å²) < 4.78 is 0. The number of rotatable bonds is 1. The molecule has 0 amide bonds. The molecule has 0 nitrogen and oxygen atoms in total. The largest absolute Gasteiger partial charge is 0.127 e. The molecule has 2 atom stereocenters. The van der Waals surface area contributed by atoms with Gasteiger partial charge in [0.1, 0.15) is 0 Å². The van der Waals surface area contributed by atoms with Crippen molar-refractivity contribution in [3.05, 3.63) is 41.8 Å². The van der Waals surface area contributed by atoms with Crippen LogP contribution in [-0.4, -0.2) is 0 Å². The molecule has 65 valence electrons. The second-order valence-corrected chi connectivity index (χ2v) is 5.07. The average molecular weight is 179 g/mol. The van der Waals surface area contributed by atoms with Crippen molar-refractivity contribution in [2.24, 2.45) is 0 Å². The van der Waals surface area contributed by atoms with Crippen molar-refractivity contribution in [1.82, 2.24) is 0 Å². The Kier molecular flexibility index (Phi) is 2.58. The van der Waals surface area contributed by atoms with Crippen LogP contribution in [0.2, 0.25) is 0 Å². The van der Waals surface area contributed by atoms with Gasteiger partial charge in [-0.1, -0.05) is 36.2 Å². The Morgan fingerprint density at radius 1 is 1.17 bits per heavy atom. The van der Waals surface area contributed by atoms with E-state index in [-0.39, 0.29) is 5.16 Å². The topological polar surface area (TPSA) is 0 Å². The Labute approximate surface area is 77.6 Å². The SMILES string of the molecule is [CH2]C(C)(P)c1cc(C)cc(C)c1. The Morgan fingerprint density at radius 3 is 1.92 bits per heavy atom. The molecular weight excluding hydrogens is 163 g/mol. The van der Waals surface area contributed by atoms with Crippen LogP contribution in [0.15, 0.2) is 18.2 Å². The maximum absolute atomic E-state index is 4.09. The Morgan fingerprint density at radius 2 is 1.58 bits per heavy atom. The fourth-order valence-corrected chi connectivity index (χ4v) is 1.47. The zero-order valence-electron chi connectivity index (χ0n) is 8.02. The summed E-state index contributed by atoms with van der Waals surface area (Å²) in [6.07, 6.45) is 0. The number of aryl methyl sites for hydroxylation is 2. The van der Waals surface area contributed by atoms with E-state index in [2.05, 4.69) is 55.1 Å². The normalized spacial score (nSPS) is 11.8. The van der Waals surface area contributed by atoms with Gasteiger partial charge in [0.05, 0.1) is 0 Å². The first-order valence-electron chi connectivity index (χ1n) is 4.12. The number of hydrogen-bond donors (Lipinski definition) is 0. The second-order valence-electron chi connectivity index (χ2n) is 3.79. The molecule has 1 aromatic rings. The smallest absolute Gasteiger partial charge is 0.00700 e. The highest BCUT2D eigenvalue weighted by Gasteiger charge is 2.13. The standard InChI is InChI=1S/C11H16P/c1-8-5-9(2)7-10(6-8)11(3,4)12/h5-7H,3,12H2,1-2,4H3. The van der Waals surface area contributed by atoms with Crippen LogP contribution in [0.5, 0.6) is 0 Å². The molecule has 1 radical (unpaired) electrons. The molecule has 0 aromatic heterocycles. The third kappa shape index (κ3) is 2.32. The fraction of sp³-hybridized carbons (Fsp3) is 0.364. The van der Waals surface area contributed by atoms with Gasteiger partial charge in [0, 0.05) is 5.16 Å². The van der Waals surface area contributed by atoms with Gasteiger partial charge in [0.25, 0.3) is 0 Å².